The molecule has 2 aliphatic carbocycles. The highest BCUT2D eigenvalue weighted by molar-refractivity contribution is 7.91. The molecular formula is C16H26N2O4S. The second-order valence-electron chi connectivity index (χ2n) is 7.12. The molecule has 2 saturated carbocycles. The molecule has 0 bridgehead atoms. The molecule has 7 heteroatoms. The number of nitrogens with one attached hydrogen (secondary N) is 1. The molecule has 0 aromatic heterocycles. The van der Waals surface area contributed by atoms with E-state index in [4.69, 9.17) is 0 Å². The number of carbonyl (C=O) groups is 2. The van der Waals surface area contributed by atoms with Gasteiger partial charge in [-0.25, -0.2) is 8.42 Å². The van der Waals surface area contributed by atoms with E-state index in [1.54, 1.807) is 4.90 Å². The SMILES string of the molecule is CCN(C(=O)C1CC1C(=O)NC1CCCC1)C1CCS(=O)(=O)C1. The van der Waals surface area contributed by atoms with Gasteiger partial charge < -0.3 is 10.2 Å². The average Bonchev–Trinajstić information content (AvgIpc) is 3.00. The van der Waals surface area contributed by atoms with Crippen LogP contribution in [0.4, 0.5) is 0 Å². The molecule has 0 aromatic carbocycles. The lowest BCUT2D eigenvalue weighted by Gasteiger charge is -2.27. The van der Waals surface area contributed by atoms with Gasteiger partial charge in [-0.1, -0.05) is 12.8 Å². The lowest BCUT2D eigenvalue weighted by molar-refractivity contribution is -0.136. The lowest BCUT2D eigenvalue weighted by atomic mass is 10.1. The molecule has 1 heterocycles. The predicted molar refractivity (Wildman–Crippen MR) is 86.4 cm³/mol. The normalized spacial score (nSPS) is 32.7. The highest BCUT2D eigenvalue weighted by Crippen LogP contribution is 2.41. The van der Waals surface area contributed by atoms with Crippen LogP contribution >= 0.6 is 0 Å². The molecule has 23 heavy (non-hydrogen) atoms. The molecular weight excluding hydrogens is 316 g/mol. The molecule has 6 nitrogen and oxygen atoms in total. The van der Waals surface area contributed by atoms with Crippen molar-refractivity contribution in [2.75, 3.05) is 18.1 Å². The maximum absolute atomic E-state index is 12.6. The highest BCUT2D eigenvalue weighted by Gasteiger charge is 2.51. The summed E-state index contributed by atoms with van der Waals surface area (Å²) in [4.78, 5) is 26.6. The van der Waals surface area contributed by atoms with Gasteiger partial charge in [-0.15, -0.1) is 0 Å². The van der Waals surface area contributed by atoms with Gasteiger partial charge in [-0.2, -0.15) is 0 Å². The molecule has 1 saturated heterocycles. The minimum absolute atomic E-state index is 0.00495. The van der Waals surface area contributed by atoms with Crippen molar-refractivity contribution in [2.45, 2.75) is 57.5 Å². The quantitative estimate of drug-likeness (QED) is 0.798. The van der Waals surface area contributed by atoms with E-state index in [0.29, 0.717) is 19.4 Å². The Bertz CT molecular complexity index is 583. The number of hydrogen-bond donors (Lipinski definition) is 1. The first-order valence-corrected chi connectivity index (χ1v) is 10.5. The van der Waals surface area contributed by atoms with Crippen LogP contribution < -0.4 is 5.32 Å². The molecule has 1 N–H and O–H groups in total. The van der Waals surface area contributed by atoms with E-state index in [1.807, 2.05) is 6.92 Å². The monoisotopic (exact) mass is 342 g/mol. The molecule has 0 radical (unpaired) electrons. The van der Waals surface area contributed by atoms with Gasteiger partial charge in [0.1, 0.15) is 0 Å². The summed E-state index contributed by atoms with van der Waals surface area (Å²) in [5, 5.41) is 3.06. The largest absolute Gasteiger partial charge is 0.353 e. The zero-order valence-electron chi connectivity index (χ0n) is 13.7. The van der Waals surface area contributed by atoms with Gasteiger partial charge in [0.25, 0.3) is 0 Å². The Labute approximate surface area is 137 Å². The number of rotatable bonds is 5. The molecule has 3 fully saturated rings. The number of nitrogens with zero attached hydrogens (tertiary/aromatic N) is 1. The highest BCUT2D eigenvalue weighted by atomic mass is 32.2. The van der Waals surface area contributed by atoms with Crippen LogP contribution in [0.5, 0.6) is 0 Å². The predicted octanol–water partition coefficient (Wildman–Crippen LogP) is 0.717. The Kier molecular flexibility index (Phi) is 4.67. The van der Waals surface area contributed by atoms with E-state index in [9.17, 15) is 18.0 Å². The van der Waals surface area contributed by atoms with Crippen LogP contribution in [-0.2, 0) is 19.4 Å². The number of amides is 2. The van der Waals surface area contributed by atoms with Gasteiger partial charge in [0.15, 0.2) is 9.84 Å². The third kappa shape index (κ3) is 3.70. The molecule has 1 aliphatic heterocycles. The van der Waals surface area contributed by atoms with Crippen molar-refractivity contribution in [1.82, 2.24) is 10.2 Å². The lowest BCUT2D eigenvalue weighted by Crippen LogP contribution is -2.43. The Balaban J connectivity index is 1.54. The van der Waals surface area contributed by atoms with E-state index in [1.165, 1.54) is 0 Å². The fraction of sp³-hybridized carbons (Fsp3) is 0.875. The second-order valence-corrected chi connectivity index (χ2v) is 9.35. The van der Waals surface area contributed by atoms with Crippen molar-refractivity contribution >= 4 is 21.7 Å². The van der Waals surface area contributed by atoms with Gasteiger partial charge in [0.2, 0.25) is 11.8 Å². The summed E-state index contributed by atoms with van der Waals surface area (Å²) < 4.78 is 23.3. The zero-order chi connectivity index (χ0) is 16.6. The fourth-order valence-corrected chi connectivity index (χ4v) is 5.69. The summed E-state index contributed by atoms with van der Waals surface area (Å²) in [6.07, 6.45) is 5.53. The molecule has 3 atom stereocenters. The van der Waals surface area contributed by atoms with E-state index < -0.39 is 9.84 Å². The maximum atomic E-state index is 12.6. The average molecular weight is 342 g/mol. The smallest absolute Gasteiger partial charge is 0.226 e. The van der Waals surface area contributed by atoms with Crippen LogP contribution in [0.2, 0.25) is 0 Å². The van der Waals surface area contributed by atoms with Gasteiger partial charge in [-0.05, 0) is 32.6 Å². The Morgan fingerprint density at radius 1 is 1.13 bits per heavy atom. The van der Waals surface area contributed by atoms with Crippen LogP contribution in [-0.4, -0.2) is 55.3 Å². The number of sulfone groups is 1. The number of hydrogen-bond acceptors (Lipinski definition) is 4. The summed E-state index contributed by atoms with van der Waals surface area (Å²) >= 11 is 0. The summed E-state index contributed by atoms with van der Waals surface area (Å²) in [6, 6.07) is 0.0674. The van der Waals surface area contributed by atoms with Gasteiger partial charge in [-0.3, -0.25) is 9.59 Å². The molecule has 130 valence electrons. The standard InChI is InChI=1S/C16H26N2O4S/c1-2-18(12-7-8-23(21,22)10-12)16(20)14-9-13(14)15(19)17-11-5-3-4-6-11/h11-14H,2-10H2,1H3,(H,17,19). The fourth-order valence-electron chi connectivity index (χ4n) is 3.96. The summed E-state index contributed by atoms with van der Waals surface area (Å²) in [5.74, 6) is -0.267. The summed E-state index contributed by atoms with van der Waals surface area (Å²) in [5.41, 5.74) is 0. The minimum atomic E-state index is -3.01. The minimum Gasteiger partial charge on any atom is -0.353 e. The first kappa shape index (κ1) is 16.7. The van der Waals surface area contributed by atoms with E-state index in [-0.39, 0.29) is 47.2 Å². The van der Waals surface area contributed by atoms with Crippen LogP contribution in [0.1, 0.15) is 45.4 Å². The molecule has 0 spiro atoms. The Morgan fingerprint density at radius 2 is 1.83 bits per heavy atom. The van der Waals surface area contributed by atoms with Crippen LogP contribution in [0, 0.1) is 11.8 Å². The van der Waals surface area contributed by atoms with Crippen LogP contribution in [0.3, 0.4) is 0 Å². The van der Waals surface area contributed by atoms with Crippen molar-refractivity contribution in [3.8, 4) is 0 Å². The molecule has 3 rings (SSSR count). The first-order valence-electron chi connectivity index (χ1n) is 8.72. The second kappa shape index (κ2) is 6.42. The van der Waals surface area contributed by atoms with Gasteiger partial charge in [0.05, 0.1) is 23.3 Å². The van der Waals surface area contributed by atoms with Crippen LogP contribution in [0.15, 0.2) is 0 Å². The third-order valence-corrected chi connectivity index (χ3v) is 7.17. The van der Waals surface area contributed by atoms with Crippen LogP contribution in [0.25, 0.3) is 0 Å². The summed E-state index contributed by atoms with van der Waals surface area (Å²) in [7, 11) is -3.01. The van der Waals surface area contributed by atoms with Crippen molar-refractivity contribution in [2.24, 2.45) is 11.8 Å². The van der Waals surface area contributed by atoms with E-state index in [2.05, 4.69) is 5.32 Å². The van der Waals surface area contributed by atoms with Crippen molar-refractivity contribution in [1.29, 1.82) is 0 Å². The molecule has 2 amide bonds. The molecule has 0 aromatic rings. The summed E-state index contributed by atoms with van der Waals surface area (Å²) in [6.45, 7) is 2.38. The first-order chi connectivity index (χ1) is 10.9. The molecule has 3 aliphatic rings. The number of carbonyl (C=O) groups excluding carboxylic acids is 2. The zero-order valence-corrected chi connectivity index (χ0v) is 14.5. The van der Waals surface area contributed by atoms with Crippen molar-refractivity contribution in [3.05, 3.63) is 0 Å². The topological polar surface area (TPSA) is 83.6 Å². The molecule has 3 unspecified atom stereocenters. The third-order valence-electron chi connectivity index (χ3n) is 5.42. The Morgan fingerprint density at radius 3 is 2.39 bits per heavy atom. The maximum Gasteiger partial charge on any atom is 0.226 e. The van der Waals surface area contributed by atoms with Crippen molar-refractivity contribution < 1.29 is 18.0 Å². The van der Waals surface area contributed by atoms with E-state index >= 15 is 0 Å². The Hall–Kier alpha value is -1.11. The van der Waals surface area contributed by atoms with E-state index in [0.717, 1.165) is 25.7 Å². The van der Waals surface area contributed by atoms with Gasteiger partial charge in [0, 0.05) is 18.6 Å². The van der Waals surface area contributed by atoms with Gasteiger partial charge >= 0.3 is 0 Å². The van der Waals surface area contributed by atoms with Crippen molar-refractivity contribution in [3.63, 3.8) is 0 Å².